The van der Waals surface area contributed by atoms with Crippen molar-refractivity contribution in [2.24, 2.45) is 0 Å². The highest BCUT2D eigenvalue weighted by molar-refractivity contribution is 5.96. The third-order valence-electron chi connectivity index (χ3n) is 7.23. The molecule has 4 rings (SSSR count). The van der Waals surface area contributed by atoms with Crippen molar-refractivity contribution in [3.05, 3.63) is 64.9 Å². The van der Waals surface area contributed by atoms with E-state index in [1.807, 2.05) is 18.7 Å². The molecule has 0 saturated carbocycles. The van der Waals surface area contributed by atoms with Gasteiger partial charge >= 0.3 is 5.84 Å². The molecule has 8 nitrogen and oxygen atoms in total. The Bertz CT molecular complexity index is 1060. The molecule has 1 amide bonds. The van der Waals surface area contributed by atoms with E-state index in [0.717, 1.165) is 22.6 Å². The maximum absolute atomic E-state index is 12.9. The van der Waals surface area contributed by atoms with Crippen molar-refractivity contribution in [2.75, 3.05) is 13.2 Å². The molecule has 8 heteroatoms. The second-order valence-electron chi connectivity index (χ2n) is 9.72. The minimum atomic E-state index is -0.803. The highest BCUT2D eigenvalue weighted by Crippen LogP contribution is 2.37. The fourth-order valence-corrected chi connectivity index (χ4v) is 4.30. The number of amidine groups is 1. The lowest BCUT2D eigenvalue weighted by molar-refractivity contribution is -0.539. The Morgan fingerprint density at radius 3 is 2.33 bits per heavy atom. The standard InChI is InChI=1S/C25H31N3O5/c1-24(2)25(3,4)28(32)22(27(24)31)17-9-13-21(14-10-17)33-16-19-6-5-15-26(19)23(30)18-7-11-20(29)12-8-18/h7-14,19,29,31H,5-6,15-16H2,1-4H3. The molecule has 2 heterocycles. The second-order valence-corrected chi connectivity index (χ2v) is 9.72. The zero-order valence-corrected chi connectivity index (χ0v) is 19.5. The van der Waals surface area contributed by atoms with Crippen LogP contribution in [0.2, 0.25) is 0 Å². The van der Waals surface area contributed by atoms with Crippen molar-refractivity contribution < 1.29 is 24.6 Å². The number of hydrogen-bond donors (Lipinski definition) is 2. The minimum absolute atomic E-state index is 0.0400. The summed E-state index contributed by atoms with van der Waals surface area (Å²) in [6.07, 6.45) is 1.76. The molecule has 2 aromatic carbocycles. The minimum Gasteiger partial charge on any atom is -0.714 e. The van der Waals surface area contributed by atoms with E-state index in [-0.39, 0.29) is 23.5 Å². The van der Waals surface area contributed by atoms with E-state index in [0.29, 0.717) is 30.0 Å². The molecule has 0 spiro atoms. The number of carbonyl (C=O) groups is 1. The van der Waals surface area contributed by atoms with Gasteiger partial charge in [-0.05, 0) is 89.1 Å². The van der Waals surface area contributed by atoms with Gasteiger partial charge < -0.3 is 20.0 Å². The predicted molar refractivity (Wildman–Crippen MR) is 124 cm³/mol. The molecule has 2 aliphatic rings. The molecular weight excluding hydrogens is 422 g/mol. The Balaban J connectivity index is 1.43. The van der Waals surface area contributed by atoms with Crippen molar-refractivity contribution in [3.63, 3.8) is 0 Å². The molecule has 2 aromatic rings. The van der Waals surface area contributed by atoms with Gasteiger partial charge in [-0.25, -0.2) is 5.21 Å². The van der Waals surface area contributed by atoms with Gasteiger partial charge in [0.2, 0.25) is 0 Å². The summed E-state index contributed by atoms with van der Waals surface area (Å²) in [5.41, 5.74) is -0.417. The summed E-state index contributed by atoms with van der Waals surface area (Å²) in [4.78, 5) is 14.7. The molecule has 1 fully saturated rings. The monoisotopic (exact) mass is 453 g/mol. The second kappa shape index (κ2) is 8.26. The summed E-state index contributed by atoms with van der Waals surface area (Å²) in [7, 11) is 0. The first kappa shape index (κ1) is 22.9. The van der Waals surface area contributed by atoms with Gasteiger partial charge in [0.25, 0.3) is 5.91 Å². The number of ether oxygens (including phenoxy) is 1. The van der Waals surface area contributed by atoms with Gasteiger partial charge in [-0.2, -0.15) is 0 Å². The van der Waals surface area contributed by atoms with Gasteiger partial charge in [0, 0.05) is 12.1 Å². The fraction of sp³-hybridized carbons (Fsp3) is 0.440. The number of hydrogen-bond acceptors (Lipinski definition) is 6. The van der Waals surface area contributed by atoms with E-state index in [2.05, 4.69) is 0 Å². The van der Waals surface area contributed by atoms with Gasteiger partial charge in [0.1, 0.15) is 23.6 Å². The molecule has 0 bridgehead atoms. The lowest BCUT2D eigenvalue weighted by atomic mass is 9.84. The molecule has 2 aliphatic heterocycles. The lowest BCUT2D eigenvalue weighted by Gasteiger charge is -2.33. The predicted octanol–water partition coefficient (Wildman–Crippen LogP) is 3.59. The first-order chi connectivity index (χ1) is 15.5. The van der Waals surface area contributed by atoms with Crippen LogP contribution in [0.5, 0.6) is 11.5 Å². The van der Waals surface area contributed by atoms with Crippen LogP contribution in [0.1, 0.15) is 56.5 Å². The first-order valence-corrected chi connectivity index (χ1v) is 11.2. The van der Waals surface area contributed by atoms with Gasteiger partial charge in [0.15, 0.2) is 5.54 Å². The van der Waals surface area contributed by atoms with Gasteiger partial charge in [-0.1, -0.05) is 0 Å². The number of phenols is 1. The average molecular weight is 454 g/mol. The van der Waals surface area contributed by atoms with E-state index in [9.17, 15) is 20.3 Å². The van der Waals surface area contributed by atoms with Crippen LogP contribution in [0.15, 0.2) is 48.5 Å². The maximum atomic E-state index is 12.9. The van der Waals surface area contributed by atoms with Gasteiger partial charge in [-0.15, -0.1) is 5.06 Å². The summed E-state index contributed by atoms with van der Waals surface area (Å²) < 4.78 is 6.82. The Morgan fingerprint density at radius 1 is 1.12 bits per heavy atom. The van der Waals surface area contributed by atoms with Crippen molar-refractivity contribution in [1.29, 1.82) is 0 Å². The van der Waals surface area contributed by atoms with Gasteiger partial charge in [0.05, 0.1) is 11.6 Å². The summed E-state index contributed by atoms with van der Waals surface area (Å²) in [6, 6.07) is 13.3. The van der Waals surface area contributed by atoms with Crippen LogP contribution in [0, 0.1) is 5.21 Å². The third-order valence-corrected chi connectivity index (χ3v) is 7.23. The average Bonchev–Trinajstić information content (AvgIpc) is 3.30. The summed E-state index contributed by atoms with van der Waals surface area (Å²) in [5.74, 6) is 0.890. The Morgan fingerprint density at radius 2 is 1.76 bits per heavy atom. The molecule has 1 atom stereocenters. The number of amides is 1. The van der Waals surface area contributed by atoms with E-state index in [1.165, 1.54) is 12.1 Å². The molecule has 1 saturated heterocycles. The number of likely N-dealkylation sites (tertiary alicyclic amines) is 1. The highest BCUT2D eigenvalue weighted by atomic mass is 16.5. The molecule has 176 valence electrons. The number of rotatable bonds is 5. The van der Waals surface area contributed by atoms with E-state index >= 15 is 0 Å². The fourth-order valence-electron chi connectivity index (χ4n) is 4.30. The SMILES string of the molecule is CC1(C)N(O)C(c2ccc(OCC3CCCN3C(=O)c3ccc(O)cc3)cc2)=[N+]([O-])C1(C)C. The molecule has 1 unspecified atom stereocenters. The molecule has 2 N–H and O–H groups in total. The molecule has 33 heavy (non-hydrogen) atoms. The number of nitrogens with zero attached hydrogens (tertiary/aromatic N) is 3. The summed E-state index contributed by atoms with van der Waals surface area (Å²) >= 11 is 0. The zero-order valence-electron chi connectivity index (χ0n) is 19.5. The molecule has 0 aromatic heterocycles. The quantitative estimate of drug-likeness (QED) is 0.530. The van der Waals surface area contributed by atoms with Crippen LogP contribution in [-0.2, 0) is 0 Å². The van der Waals surface area contributed by atoms with Crippen LogP contribution in [0.25, 0.3) is 0 Å². The topological polar surface area (TPSA) is 99.3 Å². The number of phenolic OH excluding ortho intramolecular Hbond substituents is 1. The van der Waals surface area contributed by atoms with Crippen LogP contribution in [0.3, 0.4) is 0 Å². The van der Waals surface area contributed by atoms with Crippen LogP contribution in [-0.4, -0.2) is 67.0 Å². The Labute approximate surface area is 193 Å². The maximum Gasteiger partial charge on any atom is 0.313 e. The van der Waals surface area contributed by atoms with Crippen molar-refractivity contribution in [3.8, 4) is 11.5 Å². The molecular formula is C25H31N3O5. The number of aromatic hydroxyl groups is 1. The van der Waals surface area contributed by atoms with Gasteiger partial charge in [-0.3, -0.25) is 9.53 Å². The van der Waals surface area contributed by atoms with Crippen LogP contribution in [0.4, 0.5) is 0 Å². The Hall–Kier alpha value is -3.26. The Kier molecular flexibility index (Phi) is 5.74. The first-order valence-electron chi connectivity index (χ1n) is 11.2. The van der Waals surface area contributed by atoms with E-state index < -0.39 is 11.1 Å². The van der Waals surface area contributed by atoms with Crippen LogP contribution < -0.4 is 4.74 Å². The summed E-state index contributed by atoms with van der Waals surface area (Å²) in [6.45, 7) is 8.30. The largest absolute Gasteiger partial charge is 0.714 e. The number of hydroxylamine groups is 3. The number of benzene rings is 2. The number of carbonyl (C=O) groups excluding carboxylic acids is 1. The van der Waals surface area contributed by atoms with E-state index in [1.54, 1.807) is 50.2 Å². The lowest BCUT2D eigenvalue weighted by Crippen LogP contribution is -2.53. The van der Waals surface area contributed by atoms with Crippen LogP contribution >= 0.6 is 0 Å². The van der Waals surface area contributed by atoms with Crippen molar-refractivity contribution in [1.82, 2.24) is 9.96 Å². The van der Waals surface area contributed by atoms with Crippen molar-refractivity contribution in [2.45, 2.75) is 57.7 Å². The van der Waals surface area contributed by atoms with E-state index in [4.69, 9.17) is 4.74 Å². The molecule has 0 aliphatic carbocycles. The normalized spacial score (nSPS) is 21.5. The zero-order chi connectivity index (χ0) is 24.0. The van der Waals surface area contributed by atoms with Crippen molar-refractivity contribution >= 4 is 11.7 Å². The summed E-state index contributed by atoms with van der Waals surface area (Å²) in [5, 5.41) is 34.0. The smallest absolute Gasteiger partial charge is 0.313 e. The molecule has 0 radical (unpaired) electrons. The third kappa shape index (κ3) is 3.88. The highest BCUT2D eigenvalue weighted by Gasteiger charge is 2.58.